The summed E-state index contributed by atoms with van der Waals surface area (Å²) in [5.74, 6) is -5.00. The third-order valence-corrected chi connectivity index (χ3v) is 5.02. The van der Waals surface area contributed by atoms with Crippen molar-refractivity contribution in [2.45, 2.75) is 17.3 Å². The van der Waals surface area contributed by atoms with Gasteiger partial charge in [0, 0.05) is 12.6 Å². The van der Waals surface area contributed by atoms with E-state index >= 15 is 0 Å². The smallest absolute Gasteiger partial charge is 0.237 e. The van der Waals surface area contributed by atoms with E-state index in [9.17, 15) is 22.4 Å². The second-order valence-corrected chi connectivity index (χ2v) is 7.15. The highest BCUT2D eigenvalue weighted by Crippen LogP contribution is 2.27. The Morgan fingerprint density at radius 3 is 2.39 bits per heavy atom. The van der Waals surface area contributed by atoms with Gasteiger partial charge in [-0.25, -0.2) is 17.6 Å². The highest BCUT2D eigenvalue weighted by Gasteiger charge is 2.22. The summed E-state index contributed by atoms with van der Waals surface area (Å²) in [4.78, 5) is 12.3. The van der Waals surface area contributed by atoms with Gasteiger partial charge in [-0.3, -0.25) is 4.79 Å². The van der Waals surface area contributed by atoms with Crippen molar-refractivity contribution in [3.63, 3.8) is 0 Å². The number of aromatic nitrogens is 3. The van der Waals surface area contributed by atoms with E-state index in [1.807, 2.05) is 0 Å². The molecule has 0 spiro atoms. The first kappa shape index (κ1) is 19.9. The Morgan fingerprint density at radius 1 is 1.04 bits per heavy atom. The summed E-state index contributed by atoms with van der Waals surface area (Å²) in [6.45, 7) is 1.55. The molecule has 1 N–H and O–H groups in total. The maximum atomic E-state index is 13.7. The van der Waals surface area contributed by atoms with Crippen LogP contribution in [0.2, 0.25) is 0 Å². The number of amides is 1. The molecule has 3 rings (SSSR count). The molecular formula is C18H14F4N4OS. The van der Waals surface area contributed by atoms with Crippen LogP contribution in [-0.4, -0.2) is 25.9 Å². The van der Waals surface area contributed by atoms with Crippen molar-refractivity contribution in [2.24, 2.45) is 7.05 Å². The molecule has 2 aromatic carbocycles. The lowest BCUT2D eigenvalue weighted by molar-refractivity contribution is -0.115. The van der Waals surface area contributed by atoms with Gasteiger partial charge in [0.1, 0.15) is 5.82 Å². The lowest BCUT2D eigenvalue weighted by Crippen LogP contribution is -2.23. The number of rotatable bonds is 5. The summed E-state index contributed by atoms with van der Waals surface area (Å²) in [5.41, 5.74) is 0.186. The van der Waals surface area contributed by atoms with E-state index in [1.165, 1.54) is 12.1 Å². The van der Waals surface area contributed by atoms with Crippen LogP contribution in [-0.2, 0) is 11.8 Å². The van der Waals surface area contributed by atoms with Gasteiger partial charge in [0.2, 0.25) is 5.91 Å². The standard InChI is InChI=1S/C18H14F4N4OS/c1-9(17(27)23-13-8-7-12(20)14(21)15(13)22)28-18-25-24-16(26(18)2)10-3-5-11(19)6-4-10/h3-9H,1-2H3,(H,23,27)/t9-/m1/s1. The minimum atomic E-state index is -1.66. The molecule has 5 nitrogen and oxygen atoms in total. The minimum absolute atomic E-state index is 0.379. The number of benzene rings is 2. The third-order valence-electron chi connectivity index (χ3n) is 3.88. The molecule has 3 aromatic rings. The third kappa shape index (κ3) is 4.01. The summed E-state index contributed by atoms with van der Waals surface area (Å²) in [7, 11) is 1.68. The molecule has 0 aliphatic heterocycles. The van der Waals surface area contributed by atoms with Gasteiger partial charge in [0.15, 0.2) is 28.4 Å². The average molecular weight is 410 g/mol. The molecule has 0 aliphatic rings. The monoisotopic (exact) mass is 410 g/mol. The molecule has 0 saturated carbocycles. The Bertz CT molecular complexity index is 1020. The topological polar surface area (TPSA) is 59.8 Å². The summed E-state index contributed by atoms with van der Waals surface area (Å²) in [5, 5.41) is 9.92. The van der Waals surface area contributed by atoms with Crippen LogP contribution >= 0.6 is 11.8 Å². The van der Waals surface area contributed by atoms with Gasteiger partial charge >= 0.3 is 0 Å². The Labute approximate surface area is 161 Å². The average Bonchev–Trinajstić information content (AvgIpc) is 3.03. The second-order valence-electron chi connectivity index (χ2n) is 5.84. The fourth-order valence-corrected chi connectivity index (χ4v) is 3.15. The van der Waals surface area contributed by atoms with Crippen molar-refractivity contribution in [1.29, 1.82) is 0 Å². The van der Waals surface area contributed by atoms with Gasteiger partial charge in [-0.1, -0.05) is 11.8 Å². The summed E-state index contributed by atoms with van der Waals surface area (Å²) in [6.07, 6.45) is 0. The van der Waals surface area contributed by atoms with Crippen molar-refractivity contribution in [1.82, 2.24) is 14.8 Å². The molecule has 0 radical (unpaired) electrons. The number of anilines is 1. The quantitative estimate of drug-likeness (QED) is 0.390. The van der Waals surface area contributed by atoms with Crippen LogP contribution in [0.5, 0.6) is 0 Å². The van der Waals surface area contributed by atoms with Crippen molar-refractivity contribution in [3.05, 3.63) is 59.7 Å². The van der Waals surface area contributed by atoms with Crippen LogP contribution in [0.25, 0.3) is 11.4 Å². The van der Waals surface area contributed by atoms with E-state index in [0.717, 1.165) is 23.9 Å². The van der Waals surface area contributed by atoms with Crippen molar-refractivity contribution >= 4 is 23.4 Å². The number of nitrogens with one attached hydrogen (secondary N) is 1. The van der Waals surface area contributed by atoms with Gasteiger partial charge in [-0.15, -0.1) is 10.2 Å². The molecule has 1 heterocycles. The van der Waals surface area contributed by atoms with Crippen LogP contribution in [0.1, 0.15) is 6.92 Å². The normalized spacial score (nSPS) is 12.1. The zero-order valence-electron chi connectivity index (χ0n) is 14.7. The van der Waals surface area contributed by atoms with Crippen LogP contribution < -0.4 is 5.32 Å². The Kier molecular flexibility index (Phi) is 5.68. The number of hydrogen-bond donors (Lipinski definition) is 1. The molecule has 1 amide bonds. The van der Waals surface area contributed by atoms with Gasteiger partial charge in [0.25, 0.3) is 0 Å². The molecule has 0 saturated heterocycles. The SMILES string of the molecule is C[C@@H](Sc1nnc(-c2ccc(F)cc2)n1C)C(=O)Nc1ccc(F)c(F)c1F. The van der Waals surface area contributed by atoms with Crippen LogP contribution in [0.4, 0.5) is 23.2 Å². The minimum Gasteiger partial charge on any atom is -0.323 e. The predicted molar refractivity (Wildman–Crippen MR) is 96.7 cm³/mol. The molecule has 28 heavy (non-hydrogen) atoms. The zero-order valence-corrected chi connectivity index (χ0v) is 15.5. The number of carbonyl (C=O) groups is 1. The van der Waals surface area contributed by atoms with Crippen LogP contribution in [0.3, 0.4) is 0 Å². The highest BCUT2D eigenvalue weighted by molar-refractivity contribution is 8.00. The van der Waals surface area contributed by atoms with E-state index in [1.54, 1.807) is 30.7 Å². The number of hydrogen-bond acceptors (Lipinski definition) is 4. The predicted octanol–water partition coefficient (Wildman–Crippen LogP) is 4.16. The van der Waals surface area contributed by atoms with Crippen molar-refractivity contribution in [2.75, 3.05) is 5.32 Å². The lowest BCUT2D eigenvalue weighted by Gasteiger charge is -2.12. The fraction of sp³-hybridized carbons (Fsp3) is 0.167. The summed E-state index contributed by atoms with van der Waals surface area (Å²) < 4.78 is 54.7. The Balaban J connectivity index is 1.73. The number of thioether (sulfide) groups is 1. The van der Waals surface area contributed by atoms with E-state index in [0.29, 0.717) is 16.5 Å². The van der Waals surface area contributed by atoms with Crippen LogP contribution in [0, 0.1) is 23.3 Å². The molecule has 1 atom stereocenters. The van der Waals surface area contributed by atoms with Crippen molar-refractivity contribution < 1.29 is 22.4 Å². The van der Waals surface area contributed by atoms with Gasteiger partial charge in [-0.05, 0) is 43.3 Å². The molecular weight excluding hydrogens is 396 g/mol. The first-order chi connectivity index (χ1) is 13.3. The Morgan fingerprint density at radius 2 is 1.71 bits per heavy atom. The molecule has 0 unspecified atom stereocenters. The van der Waals surface area contributed by atoms with Gasteiger partial charge in [-0.2, -0.15) is 0 Å². The molecule has 0 aliphatic carbocycles. The van der Waals surface area contributed by atoms with E-state index in [2.05, 4.69) is 15.5 Å². The fourth-order valence-electron chi connectivity index (χ4n) is 2.34. The van der Waals surface area contributed by atoms with Crippen molar-refractivity contribution in [3.8, 4) is 11.4 Å². The number of carbonyl (C=O) groups excluding carboxylic acids is 1. The second kappa shape index (κ2) is 8.01. The molecule has 1 aromatic heterocycles. The van der Waals surface area contributed by atoms with E-state index in [-0.39, 0.29) is 5.82 Å². The summed E-state index contributed by atoms with van der Waals surface area (Å²) >= 11 is 1.04. The Hall–Kier alpha value is -2.88. The largest absolute Gasteiger partial charge is 0.323 e. The van der Waals surface area contributed by atoms with Gasteiger partial charge in [0.05, 0.1) is 10.9 Å². The maximum absolute atomic E-state index is 13.7. The number of nitrogens with zero attached hydrogens (tertiary/aromatic N) is 3. The maximum Gasteiger partial charge on any atom is 0.237 e. The van der Waals surface area contributed by atoms with Gasteiger partial charge < -0.3 is 9.88 Å². The molecule has 0 fully saturated rings. The van der Waals surface area contributed by atoms with E-state index < -0.39 is 34.3 Å². The first-order valence-corrected chi connectivity index (χ1v) is 8.92. The van der Waals surface area contributed by atoms with E-state index in [4.69, 9.17) is 0 Å². The number of halogens is 4. The summed E-state index contributed by atoms with van der Waals surface area (Å²) in [6, 6.07) is 7.36. The lowest BCUT2D eigenvalue weighted by atomic mass is 10.2. The first-order valence-electron chi connectivity index (χ1n) is 8.04. The molecule has 146 valence electrons. The van der Waals surface area contributed by atoms with Crippen LogP contribution in [0.15, 0.2) is 41.6 Å². The molecule has 10 heteroatoms. The molecule has 0 bridgehead atoms. The highest BCUT2D eigenvalue weighted by atomic mass is 32.2. The zero-order chi connectivity index (χ0) is 20.4.